The van der Waals surface area contributed by atoms with Crippen LogP contribution in [0.15, 0.2) is 42.5 Å². The van der Waals surface area contributed by atoms with Crippen LogP contribution in [0.25, 0.3) is 0 Å². The second kappa shape index (κ2) is 7.04. The highest BCUT2D eigenvalue weighted by molar-refractivity contribution is 7.13. The molecule has 0 aliphatic carbocycles. The molecule has 2 amide bonds. The average molecular weight is 302 g/mol. The summed E-state index contributed by atoms with van der Waals surface area (Å²) in [5.74, 6) is -0.457. The Labute approximate surface area is 128 Å². The van der Waals surface area contributed by atoms with Gasteiger partial charge in [0.2, 0.25) is 5.91 Å². The second-order valence-corrected chi connectivity index (χ2v) is 6.13. The Kier molecular flexibility index (Phi) is 5.11. The number of benzene rings is 1. The number of primary amides is 1. The van der Waals surface area contributed by atoms with Crippen molar-refractivity contribution < 1.29 is 9.59 Å². The highest BCUT2D eigenvalue weighted by atomic mass is 32.1. The van der Waals surface area contributed by atoms with Crippen molar-refractivity contribution in [3.63, 3.8) is 0 Å². The maximum atomic E-state index is 12.6. The van der Waals surface area contributed by atoms with Crippen LogP contribution in [0.3, 0.4) is 0 Å². The van der Waals surface area contributed by atoms with E-state index in [9.17, 15) is 9.59 Å². The van der Waals surface area contributed by atoms with Gasteiger partial charge in [-0.3, -0.25) is 9.59 Å². The number of carbonyl (C=O) groups excluding carboxylic acids is 2. The minimum absolute atomic E-state index is 0.0572. The van der Waals surface area contributed by atoms with Gasteiger partial charge >= 0.3 is 0 Å². The van der Waals surface area contributed by atoms with Gasteiger partial charge in [-0.1, -0.05) is 30.3 Å². The lowest BCUT2D eigenvalue weighted by atomic mass is 10.2. The molecular formula is C16H18N2O2S. The van der Waals surface area contributed by atoms with E-state index in [4.69, 9.17) is 5.73 Å². The zero-order chi connectivity index (χ0) is 15.2. The van der Waals surface area contributed by atoms with Crippen molar-refractivity contribution in [2.45, 2.75) is 19.9 Å². The van der Waals surface area contributed by atoms with E-state index in [1.165, 1.54) is 11.3 Å². The van der Waals surface area contributed by atoms with Gasteiger partial charge in [0.25, 0.3) is 5.91 Å². The Balaban J connectivity index is 2.14. The molecule has 110 valence electrons. The molecule has 0 spiro atoms. The number of amides is 2. The molecule has 5 heteroatoms. The molecule has 0 aliphatic rings. The molecule has 0 saturated carbocycles. The lowest BCUT2D eigenvalue weighted by Crippen LogP contribution is -2.33. The zero-order valence-corrected chi connectivity index (χ0v) is 12.7. The van der Waals surface area contributed by atoms with Gasteiger partial charge in [0.15, 0.2) is 0 Å². The van der Waals surface area contributed by atoms with Crippen LogP contribution in [0, 0.1) is 6.92 Å². The van der Waals surface area contributed by atoms with Gasteiger partial charge in [-0.15, -0.1) is 11.3 Å². The van der Waals surface area contributed by atoms with E-state index in [-0.39, 0.29) is 12.3 Å². The predicted octanol–water partition coefficient (Wildman–Crippen LogP) is 2.57. The summed E-state index contributed by atoms with van der Waals surface area (Å²) >= 11 is 1.46. The molecular weight excluding hydrogens is 284 g/mol. The number of hydrogen-bond acceptors (Lipinski definition) is 3. The van der Waals surface area contributed by atoms with Crippen LogP contribution in [0.5, 0.6) is 0 Å². The van der Waals surface area contributed by atoms with E-state index in [0.29, 0.717) is 18.0 Å². The number of carbonyl (C=O) groups is 2. The number of nitrogens with two attached hydrogens (primary N) is 1. The minimum atomic E-state index is -0.400. The molecule has 4 nitrogen and oxygen atoms in total. The van der Waals surface area contributed by atoms with E-state index in [1.54, 1.807) is 4.90 Å². The number of hydrogen-bond donors (Lipinski definition) is 1. The summed E-state index contributed by atoms with van der Waals surface area (Å²) in [5, 5.41) is 0. The molecule has 1 heterocycles. The number of rotatable bonds is 6. The van der Waals surface area contributed by atoms with Crippen molar-refractivity contribution >= 4 is 23.2 Å². The lowest BCUT2D eigenvalue weighted by molar-refractivity contribution is -0.118. The Morgan fingerprint density at radius 3 is 2.43 bits per heavy atom. The van der Waals surface area contributed by atoms with Gasteiger partial charge in [0, 0.05) is 24.4 Å². The van der Waals surface area contributed by atoms with Crippen LogP contribution in [0.1, 0.15) is 26.5 Å². The van der Waals surface area contributed by atoms with Gasteiger partial charge < -0.3 is 10.6 Å². The van der Waals surface area contributed by atoms with Gasteiger partial charge in [-0.25, -0.2) is 0 Å². The topological polar surface area (TPSA) is 63.4 Å². The fourth-order valence-electron chi connectivity index (χ4n) is 2.01. The first-order valence-electron chi connectivity index (χ1n) is 6.74. The molecule has 2 aromatic rings. The summed E-state index contributed by atoms with van der Waals surface area (Å²) in [6.45, 7) is 2.77. The van der Waals surface area contributed by atoms with Crippen LogP contribution in [0.4, 0.5) is 0 Å². The SMILES string of the molecule is Cc1ccc(C(=O)N(CCC(N)=O)Cc2ccccc2)s1. The summed E-state index contributed by atoms with van der Waals surface area (Å²) in [5.41, 5.74) is 6.23. The van der Waals surface area contributed by atoms with Crippen molar-refractivity contribution in [2.24, 2.45) is 5.73 Å². The van der Waals surface area contributed by atoms with Crippen LogP contribution in [-0.4, -0.2) is 23.3 Å². The molecule has 0 unspecified atom stereocenters. The van der Waals surface area contributed by atoms with Crippen LogP contribution < -0.4 is 5.73 Å². The molecule has 2 rings (SSSR count). The summed E-state index contributed by atoms with van der Waals surface area (Å²) in [7, 11) is 0. The van der Waals surface area contributed by atoms with E-state index in [1.807, 2.05) is 49.4 Å². The third kappa shape index (κ3) is 4.43. The van der Waals surface area contributed by atoms with Gasteiger partial charge in [0.1, 0.15) is 0 Å². The minimum Gasteiger partial charge on any atom is -0.370 e. The van der Waals surface area contributed by atoms with Crippen LogP contribution >= 0.6 is 11.3 Å². The normalized spacial score (nSPS) is 10.3. The van der Waals surface area contributed by atoms with Crippen molar-refractivity contribution in [1.82, 2.24) is 4.90 Å². The van der Waals surface area contributed by atoms with E-state index >= 15 is 0 Å². The van der Waals surface area contributed by atoms with E-state index in [2.05, 4.69) is 0 Å². The smallest absolute Gasteiger partial charge is 0.264 e. The maximum Gasteiger partial charge on any atom is 0.264 e. The van der Waals surface area contributed by atoms with Crippen LogP contribution in [-0.2, 0) is 11.3 Å². The number of nitrogens with zero attached hydrogens (tertiary/aromatic N) is 1. The third-order valence-corrected chi connectivity index (χ3v) is 4.07. The maximum absolute atomic E-state index is 12.6. The van der Waals surface area contributed by atoms with Crippen molar-refractivity contribution in [3.05, 3.63) is 57.8 Å². The zero-order valence-electron chi connectivity index (χ0n) is 11.9. The standard InChI is InChI=1S/C16H18N2O2S/c1-12-7-8-14(21-12)16(20)18(10-9-15(17)19)11-13-5-3-2-4-6-13/h2-8H,9-11H2,1H3,(H2,17,19). The van der Waals surface area contributed by atoms with Crippen LogP contribution in [0.2, 0.25) is 0 Å². The Bertz CT molecular complexity index is 622. The molecule has 0 bridgehead atoms. The Hall–Kier alpha value is -2.14. The first-order valence-corrected chi connectivity index (χ1v) is 7.56. The predicted molar refractivity (Wildman–Crippen MR) is 84.0 cm³/mol. The quantitative estimate of drug-likeness (QED) is 0.891. The summed E-state index contributed by atoms with van der Waals surface area (Å²) in [4.78, 5) is 27.0. The fraction of sp³-hybridized carbons (Fsp3) is 0.250. The largest absolute Gasteiger partial charge is 0.370 e. The van der Waals surface area contributed by atoms with Crippen molar-refractivity contribution in [2.75, 3.05) is 6.54 Å². The first kappa shape index (κ1) is 15.3. The molecule has 1 aromatic heterocycles. The summed E-state index contributed by atoms with van der Waals surface area (Å²) in [6.07, 6.45) is 0.170. The molecule has 0 radical (unpaired) electrons. The summed E-state index contributed by atoms with van der Waals surface area (Å²) in [6, 6.07) is 13.5. The lowest BCUT2D eigenvalue weighted by Gasteiger charge is -2.21. The molecule has 1 aromatic carbocycles. The number of aryl methyl sites for hydroxylation is 1. The van der Waals surface area contributed by atoms with Gasteiger partial charge in [-0.2, -0.15) is 0 Å². The molecule has 2 N–H and O–H groups in total. The fourth-order valence-corrected chi connectivity index (χ4v) is 2.84. The molecule has 0 saturated heterocycles. The number of thiophene rings is 1. The third-order valence-electron chi connectivity index (χ3n) is 3.08. The first-order chi connectivity index (χ1) is 10.1. The Morgan fingerprint density at radius 2 is 1.86 bits per heavy atom. The molecule has 0 fully saturated rings. The monoisotopic (exact) mass is 302 g/mol. The van der Waals surface area contributed by atoms with Gasteiger partial charge in [-0.05, 0) is 24.6 Å². The molecule has 0 atom stereocenters. The summed E-state index contributed by atoms with van der Waals surface area (Å²) < 4.78 is 0. The van der Waals surface area contributed by atoms with E-state index < -0.39 is 5.91 Å². The highest BCUT2D eigenvalue weighted by Gasteiger charge is 2.18. The highest BCUT2D eigenvalue weighted by Crippen LogP contribution is 2.18. The van der Waals surface area contributed by atoms with E-state index in [0.717, 1.165) is 10.4 Å². The van der Waals surface area contributed by atoms with Gasteiger partial charge in [0.05, 0.1) is 4.88 Å². The Morgan fingerprint density at radius 1 is 1.14 bits per heavy atom. The van der Waals surface area contributed by atoms with Crippen molar-refractivity contribution in [1.29, 1.82) is 0 Å². The second-order valence-electron chi connectivity index (χ2n) is 4.84. The molecule has 21 heavy (non-hydrogen) atoms. The van der Waals surface area contributed by atoms with Crippen molar-refractivity contribution in [3.8, 4) is 0 Å². The molecule has 0 aliphatic heterocycles. The average Bonchev–Trinajstić information content (AvgIpc) is 2.90.